The molecule has 0 aromatic heterocycles. The molecule has 1 fully saturated rings. The largest absolute Gasteiger partial charge is 0.392 e. The average molecular weight is 173 g/mol. The molecule has 2 atom stereocenters. The Morgan fingerprint density at radius 1 is 1.67 bits per heavy atom. The van der Waals surface area contributed by atoms with Crippen LogP contribution in [0, 0.1) is 0 Å². The lowest BCUT2D eigenvalue weighted by molar-refractivity contribution is 0.0135. The Hall–Kier alpha value is -0.120. The van der Waals surface area contributed by atoms with Gasteiger partial charge in [-0.3, -0.25) is 4.90 Å². The lowest BCUT2D eigenvalue weighted by Crippen LogP contribution is -2.41. The molecule has 0 saturated carbocycles. The Kier molecular flexibility index (Phi) is 3.98. The van der Waals surface area contributed by atoms with E-state index >= 15 is 0 Å². The van der Waals surface area contributed by atoms with E-state index in [0.29, 0.717) is 6.04 Å². The predicted octanol–water partition coefficient (Wildman–Crippen LogP) is 0.478. The molecule has 0 bridgehead atoms. The molecule has 0 aliphatic carbocycles. The molecular formula is C9H19NO2. The zero-order chi connectivity index (χ0) is 8.97. The number of likely N-dealkylation sites (N-methyl/N-ethyl adjacent to an activating group) is 1. The van der Waals surface area contributed by atoms with Gasteiger partial charge in [0.1, 0.15) is 0 Å². The molecule has 1 saturated heterocycles. The smallest absolute Gasteiger partial charge is 0.0639 e. The highest BCUT2D eigenvalue weighted by atomic mass is 16.5. The Balaban J connectivity index is 2.24. The maximum Gasteiger partial charge on any atom is 0.0639 e. The number of aliphatic hydroxyl groups is 1. The van der Waals surface area contributed by atoms with Gasteiger partial charge in [-0.1, -0.05) is 0 Å². The third-order valence-corrected chi connectivity index (χ3v) is 2.31. The van der Waals surface area contributed by atoms with E-state index in [0.717, 1.165) is 26.2 Å². The Morgan fingerprint density at radius 3 is 2.92 bits per heavy atom. The van der Waals surface area contributed by atoms with Crippen molar-refractivity contribution in [2.45, 2.75) is 31.9 Å². The fourth-order valence-corrected chi connectivity index (χ4v) is 1.64. The van der Waals surface area contributed by atoms with Crippen molar-refractivity contribution in [2.24, 2.45) is 0 Å². The number of hydrogen-bond donors (Lipinski definition) is 1. The molecule has 3 heteroatoms. The van der Waals surface area contributed by atoms with Gasteiger partial charge >= 0.3 is 0 Å². The van der Waals surface area contributed by atoms with Crippen LogP contribution >= 0.6 is 0 Å². The van der Waals surface area contributed by atoms with Crippen molar-refractivity contribution in [3.8, 4) is 0 Å². The number of nitrogens with zero attached hydrogens (tertiary/aromatic N) is 1. The third kappa shape index (κ3) is 3.09. The lowest BCUT2D eigenvalue weighted by atomic mass is 10.1. The highest BCUT2D eigenvalue weighted by molar-refractivity contribution is 4.72. The van der Waals surface area contributed by atoms with Gasteiger partial charge < -0.3 is 9.84 Å². The van der Waals surface area contributed by atoms with Gasteiger partial charge in [0.15, 0.2) is 0 Å². The Morgan fingerprint density at radius 2 is 2.42 bits per heavy atom. The first-order valence-electron chi connectivity index (χ1n) is 4.66. The summed E-state index contributed by atoms with van der Waals surface area (Å²) in [6.45, 7) is 4.29. The molecule has 0 aromatic rings. The molecule has 0 spiro atoms. The minimum atomic E-state index is -0.239. The predicted molar refractivity (Wildman–Crippen MR) is 48.2 cm³/mol. The van der Waals surface area contributed by atoms with Crippen molar-refractivity contribution < 1.29 is 9.84 Å². The van der Waals surface area contributed by atoms with E-state index in [4.69, 9.17) is 4.74 Å². The molecule has 0 aromatic carbocycles. The third-order valence-electron chi connectivity index (χ3n) is 2.31. The van der Waals surface area contributed by atoms with E-state index in [2.05, 4.69) is 4.90 Å². The van der Waals surface area contributed by atoms with Crippen LogP contribution in [-0.4, -0.2) is 49.0 Å². The van der Waals surface area contributed by atoms with Gasteiger partial charge in [0, 0.05) is 19.2 Å². The molecule has 1 N–H and O–H groups in total. The number of ether oxygens (including phenoxy) is 1. The first-order chi connectivity index (χ1) is 5.70. The van der Waals surface area contributed by atoms with Crippen molar-refractivity contribution in [3.05, 3.63) is 0 Å². The zero-order valence-electron chi connectivity index (χ0n) is 7.99. The lowest BCUT2D eigenvalue weighted by Gasteiger charge is -2.31. The van der Waals surface area contributed by atoms with E-state index in [-0.39, 0.29) is 6.10 Å². The summed E-state index contributed by atoms with van der Waals surface area (Å²) in [5.74, 6) is 0. The van der Waals surface area contributed by atoms with Crippen molar-refractivity contribution in [3.63, 3.8) is 0 Å². The van der Waals surface area contributed by atoms with E-state index < -0.39 is 0 Å². The number of rotatable bonds is 3. The molecule has 0 amide bonds. The van der Waals surface area contributed by atoms with Crippen LogP contribution in [0.4, 0.5) is 0 Å². The monoisotopic (exact) mass is 173 g/mol. The first-order valence-corrected chi connectivity index (χ1v) is 4.66. The molecule has 72 valence electrons. The summed E-state index contributed by atoms with van der Waals surface area (Å²) in [6.07, 6.45) is 2.11. The minimum Gasteiger partial charge on any atom is -0.392 e. The summed E-state index contributed by atoms with van der Waals surface area (Å²) in [5.41, 5.74) is 0. The van der Waals surface area contributed by atoms with Crippen LogP contribution in [-0.2, 0) is 4.74 Å². The van der Waals surface area contributed by atoms with Gasteiger partial charge in [-0.15, -0.1) is 0 Å². The second-order valence-corrected chi connectivity index (χ2v) is 3.66. The van der Waals surface area contributed by atoms with Gasteiger partial charge in [-0.25, -0.2) is 0 Å². The quantitative estimate of drug-likeness (QED) is 0.673. The molecule has 12 heavy (non-hydrogen) atoms. The number of hydrogen-bond acceptors (Lipinski definition) is 3. The standard InChI is InChI=1S/C9H19NO2/c1-8(11)6-10(2)9-4-3-5-12-7-9/h8-9,11H,3-7H2,1-2H3. The Labute approximate surface area is 74.3 Å². The van der Waals surface area contributed by atoms with Crippen LogP contribution in [0.2, 0.25) is 0 Å². The summed E-state index contributed by atoms with van der Waals surface area (Å²) >= 11 is 0. The van der Waals surface area contributed by atoms with E-state index in [1.54, 1.807) is 0 Å². The topological polar surface area (TPSA) is 32.7 Å². The molecule has 1 rings (SSSR count). The molecular weight excluding hydrogens is 154 g/mol. The molecule has 1 aliphatic rings. The van der Waals surface area contributed by atoms with Crippen LogP contribution in [0.15, 0.2) is 0 Å². The maximum absolute atomic E-state index is 9.17. The van der Waals surface area contributed by atoms with Gasteiger partial charge in [0.05, 0.1) is 12.7 Å². The van der Waals surface area contributed by atoms with Crippen molar-refractivity contribution >= 4 is 0 Å². The summed E-state index contributed by atoms with van der Waals surface area (Å²) in [6, 6.07) is 0.508. The van der Waals surface area contributed by atoms with E-state index in [9.17, 15) is 5.11 Å². The van der Waals surface area contributed by atoms with Crippen LogP contribution < -0.4 is 0 Å². The molecule has 0 radical (unpaired) electrons. The Bertz CT molecular complexity index is 122. The molecule has 2 unspecified atom stereocenters. The van der Waals surface area contributed by atoms with Gasteiger partial charge in [-0.2, -0.15) is 0 Å². The van der Waals surface area contributed by atoms with Gasteiger partial charge in [0.25, 0.3) is 0 Å². The van der Waals surface area contributed by atoms with E-state index in [1.807, 2.05) is 14.0 Å². The molecule has 1 aliphatic heterocycles. The van der Waals surface area contributed by atoms with Crippen LogP contribution in [0.3, 0.4) is 0 Å². The molecule has 1 heterocycles. The minimum absolute atomic E-state index is 0.239. The summed E-state index contributed by atoms with van der Waals surface area (Å²) in [4.78, 5) is 2.18. The second kappa shape index (κ2) is 4.80. The fraction of sp³-hybridized carbons (Fsp3) is 1.00. The number of aliphatic hydroxyl groups excluding tert-OH is 1. The van der Waals surface area contributed by atoms with Crippen LogP contribution in [0.1, 0.15) is 19.8 Å². The average Bonchev–Trinajstić information content (AvgIpc) is 2.05. The van der Waals surface area contributed by atoms with Crippen molar-refractivity contribution in [1.29, 1.82) is 0 Å². The highest BCUT2D eigenvalue weighted by Gasteiger charge is 2.18. The summed E-state index contributed by atoms with van der Waals surface area (Å²) in [7, 11) is 2.05. The summed E-state index contributed by atoms with van der Waals surface area (Å²) in [5, 5.41) is 9.17. The SMILES string of the molecule is CC(O)CN(C)C1CCCOC1. The summed E-state index contributed by atoms with van der Waals surface area (Å²) < 4.78 is 5.36. The first kappa shape index (κ1) is 9.96. The fourth-order valence-electron chi connectivity index (χ4n) is 1.64. The zero-order valence-corrected chi connectivity index (χ0v) is 7.99. The normalized spacial score (nSPS) is 27.5. The van der Waals surface area contributed by atoms with Gasteiger partial charge in [0.2, 0.25) is 0 Å². The van der Waals surface area contributed by atoms with Crippen molar-refractivity contribution in [2.75, 3.05) is 26.8 Å². The van der Waals surface area contributed by atoms with E-state index in [1.165, 1.54) is 6.42 Å². The van der Waals surface area contributed by atoms with Gasteiger partial charge in [-0.05, 0) is 26.8 Å². The van der Waals surface area contributed by atoms with Crippen molar-refractivity contribution in [1.82, 2.24) is 4.90 Å². The highest BCUT2D eigenvalue weighted by Crippen LogP contribution is 2.11. The molecule has 3 nitrogen and oxygen atoms in total. The van der Waals surface area contributed by atoms with Crippen LogP contribution in [0.5, 0.6) is 0 Å². The second-order valence-electron chi connectivity index (χ2n) is 3.66. The maximum atomic E-state index is 9.17. The van der Waals surface area contributed by atoms with Crippen LogP contribution in [0.25, 0.3) is 0 Å².